The predicted octanol–water partition coefficient (Wildman–Crippen LogP) is 2.89. The Morgan fingerprint density at radius 2 is 1.74 bits per heavy atom. The fourth-order valence-corrected chi connectivity index (χ4v) is 1.87. The second-order valence-corrected chi connectivity index (χ2v) is 4.17. The van der Waals surface area contributed by atoms with Crippen LogP contribution in [-0.4, -0.2) is 24.1 Å². The first-order chi connectivity index (χ1) is 9.15. The van der Waals surface area contributed by atoms with Gasteiger partial charge in [-0.2, -0.15) is 0 Å². The van der Waals surface area contributed by atoms with Crippen LogP contribution in [0.2, 0.25) is 0 Å². The normalized spacial score (nSPS) is 10.1. The second kappa shape index (κ2) is 5.56. The van der Waals surface area contributed by atoms with Crippen molar-refractivity contribution in [1.82, 2.24) is 9.97 Å². The summed E-state index contributed by atoms with van der Waals surface area (Å²) in [5.41, 5.74) is 1.85. The standard InChI is InChI=1S/C14H18N4O/c1-9-13(15-3)16-10(2)17-14(9)18-11-7-5-6-8-12(11)19-4/h5-8H,1-4H3,(H2,15,16,17,18). The van der Waals surface area contributed by atoms with E-state index in [4.69, 9.17) is 4.74 Å². The molecule has 0 unspecified atom stereocenters. The number of nitrogens with zero attached hydrogens (tertiary/aromatic N) is 2. The van der Waals surface area contributed by atoms with Crippen LogP contribution in [0.4, 0.5) is 17.3 Å². The van der Waals surface area contributed by atoms with Gasteiger partial charge < -0.3 is 15.4 Å². The highest BCUT2D eigenvalue weighted by atomic mass is 16.5. The molecule has 2 rings (SSSR count). The number of nitrogens with one attached hydrogen (secondary N) is 2. The van der Waals surface area contributed by atoms with Crippen LogP contribution < -0.4 is 15.4 Å². The zero-order valence-corrected chi connectivity index (χ0v) is 11.6. The number of ether oxygens (including phenoxy) is 1. The molecule has 0 amide bonds. The molecule has 100 valence electrons. The van der Waals surface area contributed by atoms with Crippen molar-refractivity contribution < 1.29 is 4.74 Å². The van der Waals surface area contributed by atoms with Crippen LogP contribution in [0.5, 0.6) is 5.75 Å². The van der Waals surface area contributed by atoms with Crippen molar-refractivity contribution in [2.24, 2.45) is 0 Å². The van der Waals surface area contributed by atoms with E-state index in [-0.39, 0.29) is 0 Å². The predicted molar refractivity (Wildman–Crippen MR) is 77.3 cm³/mol. The van der Waals surface area contributed by atoms with E-state index < -0.39 is 0 Å². The van der Waals surface area contributed by atoms with Crippen LogP contribution in [0, 0.1) is 13.8 Å². The van der Waals surface area contributed by atoms with Gasteiger partial charge >= 0.3 is 0 Å². The number of benzene rings is 1. The summed E-state index contributed by atoms with van der Waals surface area (Å²) in [5.74, 6) is 3.10. The molecule has 0 saturated carbocycles. The first kappa shape index (κ1) is 13.1. The van der Waals surface area contributed by atoms with E-state index in [9.17, 15) is 0 Å². The van der Waals surface area contributed by atoms with Crippen molar-refractivity contribution in [1.29, 1.82) is 0 Å². The Morgan fingerprint density at radius 3 is 2.42 bits per heavy atom. The van der Waals surface area contributed by atoms with Gasteiger partial charge in [0.05, 0.1) is 12.8 Å². The molecule has 5 nitrogen and oxygen atoms in total. The van der Waals surface area contributed by atoms with E-state index >= 15 is 0 Å². The van der Waals surface area contributed by atoms with E-state index in [1.807, 2.05) is 45.2 Å². The van der Waals surface area contributed by atoms with Gasteiger partial charge in [0.25, 0.3) is 0 Å². The zero-order chi connectivity index (χ0) is 13.8. The lowest BCUT2D eigenvalue weighted by Crippen LogP contribution is -2.05. The summed E-state index contributed by atoms with van der Waals surface area (Å²) >= 11 is 0. The van der Waals surface area contributed by atoms with Crippen molar-refractivity contribution >= 4 is 17.3 Å². The van der Waals surface area contributed by atoms with Gasteiger partial charge in [-0.05, 0) is 26.0 Å². The number of aryl methyl sites for hydroxylation is 1. The minimum Gasteiger partial charge on any atom is -0.495 e. The van der Waals surface area contributed by atoms with Crippen LogP contribution in [0.3, 0.4) is 0 Å². The number of methoxy groups -OCH3 is 1. The number of rotatable bonds is 4. The zero-order valence-electron chi connectivity index (χ0n) is 11.6. The monoisotopic (exact) mass is 258 g/mol. The SMILES string of the molecule is CNc1nc(C)nc(Nc2ccccc2OC)c1C. The van der Waals surface area contributed by atoms with Gasteiger partial charge in [-0.25, -0.2) is 9.97 Å². The number of hydrogen-bond acceptors (Lipinski definition) is 5. The van der Waals surface area contributed by atoms with E-state index in [2.05, 4.69) is 20.6 Å². The number of para-hydroxylation sites is 2. The van der Waals surface area contributed by atoms with Crippen molar-refractivity contribution in [2.75, 3.05) is 24.8 Å². The Hall–Kier alpha value is -2.30. The van der Waals surface area contributed by atoms with Gasteiger partial charge in [-0.1, -0.05) is 12.1 Å². The molecule has 2 aromatic rings. The summed E-state index contributed by atoms with van der Waals surface area (Å²) in [4.78, 5) is 8.78. The molecule has 1 aromatic heterocycles. The molecule has 0 aliphatic heterocycles. The first-order valence-electron chi connectivity index (χ1n) is 6.08. The first-order valence-corrected chi connectivity index (χ1v) is 6.08. The Morgan fingerprint density at radius 1 is 1.05 bits per heavy atom. The topological polar surface area (TPSA) is 59.1 Å². The smallest absolute Gasteiger partial charge is 0.142 e. The average Bonchev–Trinajstić information content (AvgIpc) is 2.43. The molecule has 0 aliphatic rings. The van der Waals surface area contributed by atoms with Crippen LogP contribution in [-0.2, 0) is 0 Å². The lowest BCUT2D eigenvalue weighted by Gasteiger charge is -2.14. The van der Waals surface area contributed by atoms with Crippen molar-refractivity contribution in [2.45, 2.75) is 13.8 Å². The molecule has 0 aliphatic carbocycles. The third kappa shape index (κ3) is 2.76. The molecule has 1 heterocycles. The van der Waals surface area contributed by atoms with Gasteiger partial charge in [0.2, 0.25) is 0 Å². The molecule has 0 bridgehead atoms. The Bertz CT molecular complexity index is 584. The fraction of sp³-hybridized carbons (Fsp3) is 0.286. The Kier molecular flexibility index (Phi) is 3.85. The molecule has 0 fully saturated rings. The van der Waals surface area contributed by atoms with E-state index in [1.165, 1.54) is 0 Å². The molecular weight excluding hydrogens is 240 g/mol. The molecule has 1 aromatic carbocycles. The number of hydrogen-bond donors (Lipinski definition) is 2. The average molecular weight is 258 g/mol. The number of anilines is 3. The minimum absolute atomic E-state index is 0.715. The highest BCUT2D eigenvalue weighted by Crippen LogP contribution is 2.29. The molecular formula is C14H18N4O. The fourth-order valence-electron chi connectivity index (χ4n) is 1.87. The highest BCUT2D eigenvalue weighted by Gasteiger charge is 2.10. The second-order valence-electron chi connectivity index (χ2n) is 4.17. The van der Waals surface area contributed by atoms with Crippen LogP contribution in [0.25, 0.3) is 0 Å². The van der Waals surface area contributed by atoms with Gasteiger partial charge in [0, 0.05) is 12.6 Å². The van der Waals surface area contributed by atoms with E-state index in [0.717, 1.165) is 28.6 Å². The van der Waals surface area contributed by atoms with Crippen LogP contribution in [0.15, 0.2) is 24.3 Å². The maximum atomic E-state index is 5.32. The number of aromatic nitrogens is 2. The Labute approximate surface area is 113 Å². The third-order valence-electron chi connectivity index (χ3n) is 2.85. The maximum Gasteiger partial charge on any atom is 0.142 e. The highest BCUT2D eigenvalue weighted by molar-refractivity contribution is 5.68. The molecule has 5 heteroatoms. The summed E-state index contributed by atoms with van der Waals surface area (Å²) in [5, 5.41) is 6.36. The molecule has 2 N–H and O–H groups in total. The van der Waals surface area contributed by atoms with Gasteiger partial charge in [-0.3, -0.25) is 0 Å². The van der Waals surface area contributed by atoms with Gasteiger partial charge in [0.1, 0.15) is 23.2 Å². The van der Waals surface area contributed by atoms with Crippen molar-refractivity contribution in [3.8, 4) is 5.75 Å². The summed E-state index contributed by atoms with van der Waals surface area (Å²) in [6.07, 6.45) is 0. The van der Waals surface area contributed by atoms with Crippen LogP contribution >= 0.6 is 0 Å². The van der Waals surface area contributed by atoms with Crippen molar-refractivity contribution in [3.05, 3.63) is 35.7 Å². The third-order valence-corrected chi connectivity index (χ3v) is 2.85. The quantitative estimate of drug-likeness (QED) is 0.883. The van der Waals surface area contributed by atoms with E-state index in [0.29, 0.717) is 5.82 Å². The molecule has 0 radical (unpaired) electrons. The summed E-state index contributed by atoms with van der Waals surface area (Å²) < 4.78 is 5.32. The Balaban J connectivity index is 2.40. The summed E-state index contributed by atoms with van der Waals surface area (Å²) in [7, 11) is 3.50. The lowest BCUT2D eigenvalue weighted by molar-refractivity contribution is 0.417. The van der Waals surface area contributed by atoms with Gasteiger partial charge in [0.15, 0.2) is 0 Å². The van der Waals surface area contributed by atoms with Gasteiger partial charge in [-0.15, -0.1) is 0 Å². The molecule has 0 spiro atoms. The summed E-state index contributed by atoms with van der Waals surface area (Å²) in [6, 6.07) is 7.74. The molecule has 0 atom stereocenters. The largest absolute Gasteiger partial charge is 0.495 e. The maximum absolute atomic E-state index is 5.32. The van der Waals surface area contributed by atoms with E-state index in [1.54, 1.807) is 7.11 Å². The summed E-state index contributed by atoms with van der Waals surface area (Å²) in [6.45, 7) is 3.84. The molecule has 19 heavy (non-hydrogen) atoms. The molecule has 0 saturated heterocycles. The minimum atomic E-state index is 0.715. The van der Waals surface area contributed by atoms with Crippen molar-refractivity contribution in [3.63, 3.8) is 0 Å². The van der Waals surface area contributed by atoms with Crippen LogP contribution in [0.1, 0.15) is 11.4 Å². The lowest BCUT2D eigenvalue weighted by atomic mass is 10.2.